The zero-order valence-electron chi connectivity index (χ0n) is 9.82. The maximum absolute atomic E-state index is 13.1. The molecule has 3 rings (SSSR count). The van der Waals surface area contributed by atoms with E-state index in [2.05, 4.69) is 9.97 Å². The maximum atomic E-state index is 13.1. The molecule has 0 fully saturated rings. The van der Waals surface area contributed by atoms with Gasteiger partial charge in [0.25, 0.3) is 0 Å². The van der Waals surface area contributed by atoms with Gasteiger partial charge in [0, 0.05) is 18.6 Å². The summed E-state index contributed by atoms with van der Waals surface area (Å²) in [4.78, 5) is 7.13. The summed E-state index contributed by atoms with van der Waals surface area (Å²) in [6, 6.07) is 8.92. The molecule has 0 bridgehead atoms. The molecule has 3 aromatic rings. The topological polar surface area (TPSA) is 48.9 Å². The molecule has 0 atom stereocenters. The number of benzene rings is 2. The van der Waals surface area contributed by atoms with Gasteiger partial charge in [0.05, 0.1) is 11.0 Å². The molecule has 1 aromatic heterocycles. The van der Waals surface area contributed by atoms with Gasteiger partial charge >= 0.3 is 0 Å². The number of fused-ring (bicyclic) bond motifs is 1. The Labute approximate surface area is 107 Å². The Kier molecular flexibility index (Phi) is 2.67. The summed E-state index contributed by atoms with van der Waals surface area (Å²) in [7, 11) is 0. The number of nitrogens with zero attached hydrogens (tertiary/aromatic N) is 1. The van der Waals surface area contributed by atoms with Crippen molar-refractivity contribution in [2.75, 3.05) is 0 Å². The molecule has 2 aromatic carbocycles. The van der Waals surface area contributed by atoms with Crippen LogP contribution in [0, 0.1) is 11.6 Å². The number of rotatable bonds is 2. The highest BCUT2D eigenvalue weighted by Crippen LogP contribution is 2.19. The number of nitrogens with one attached hydrogen (secondary N) is 1. The van der Waals surface area contributed by atoms with Crippen LogP contribution in [0.2, 0.25) is 0 Å². The van der Waals surface area contributed by atoms with Crippen LogP contribution in [0.25, 0.3) is 11.0 Å². The molecule has 5 heteroatoms. The number of H-pyrrole nitrogens is 1. The Hall–Kier alpha value is -2.43. The predicted octanol–water partition coefficient (Wildman–Crippen LogP) is 3.14. The molecular formula is C14H10F2N2O. The molecule has 1 heterocycles. The highest BCUT2D eigenvalue weighted by atomic mass is 19.2. The second-order valence-corrected chi connectivity index (χ2v) is 4.31. The second-order valence-electron chi connectivity index (χ2n) is 4.31. The molecule has 0 spiro atoms. The molecule has 19 heavy (non-hydrogen) atoms. The third kappa shape index (κ3) is 2.27. The summed E-state index contributed by atoms with van der Waals surface area (Å²) in [5.41, 5.74) is 1.70. The van der Waals surface area contributed by atoms with Crippen molar-refractivity contribution in [1.29, 1.82) is 0 Å². The van der Waals surface area contributed by atoms with Crippen molar-refractivity contribution in [3.05, 3.63) is 59.4 Å². The lowest BCUT2D eigenvalue weighted by molar-refractivity contribution is 0.474. The Morgan fingerprint density at radius 1 is 1.11 bits per heavy atom. The van der Waals surface area contributed by atoms with Crippen molar-refractivity contribution in [3.63, 3.8) is 0 Å². The van der Waals surface area contributed by atoms with E-state index in [0.717, 1.165) is 17.7 Å². The van der Waals surface area contributed by atoms with Crippen LogP contribution in [0.1, 0.15) is 11.4 Å². The van der Waals surface area contributed by atoms with Gasteiger partial charge in [-0.3, -0.25) is 0 Å². The van der Waals surface area contributed by atoms with Crippen molar-refractivity contribution in [2.24, 2.45) is 0 Å². The summed E-state index contributed by atoms with van der Waals surface area (Å²) in [6.07, 6.45) is 0.451. The number of aromatic nitrogens is 2. The first-order chi connectivity index (χ1) is 9.11. The first-order valence-corrected chi connectivity index (χ1v) is 5.73. The predicted molar refractivity (Wildman–Crippen MR) is 66.9 cm³/mol. The van der Waals surface area contributed by atoms with Gasteiger partial charge in [0.2, 0.25) is 0 Å². The average Bonchev–Trinajstić information content (AvgIpc) is 2.71. The average molecular weight is 260 g/mol. The van der Waals surface area contributed by atoms with E-state index < -0.39 is 11.6 Å². The number of halogens is 2. The van der Waals surface area contributed by atoms with Gasteiger partial charge in [-0.05, 0) is 17.7 Å². The van der Waals surface area contributed by atoms with Crippen molar-refractivity contribution >= 4 is 11.0 Å². The van der Waals surface area contributed by atoms with Crippen molar-refractivity contribution in [3.8, 4) is 5.75 Å². The van der Waals surface area contributed by atoms with Crippen LogP contribution in [0.4, 0.5) is 8.78 Å². The van der Waals surface area contributed by atoms with E-state index >= 15 is 0 Å². The van der Waals surface area contributed by atoms with Crippen LogP contribution >= 0.6 is 0 Å². The summed E-state index contributed by atoms with van der Waals surface area (Å²) in [5, 5.41) is 9.37. The summed E-state index contributed by atoms with van der Waals surface area (Å²) < 4.78 is 26.2. The van der Waals surface area contributed by atoms with E-state index in [1.165, 1.54) is 0 Å². The molecule has 2 N–H and O–H groups in total. The van der Waals surface area contributed by atoms with E-state index in [9.17, 15) is 13.9 Å². The van der Waals surface area contributed by atoms with Crippen molar-refractivity contribution in [1.82, 2.24) is 9.97 Å². The third-order valence-corrected chi connectivity index (χ3v) is 2.86. The monoisotopic (exact) mass is 260 g/mol. The molecule has 0 aliphatic rings. The number of hydrogen-bond donors (Lipinski definition) is 2. The lowest BCUT2D eigenvalue weighted by Gasteiger charge is -1.98. The molecule has 0 saturated heterocycles. The fraction of sp³-hybridized carbons (Fsp3) is 0.0714. The fourth-order valence-corrected chi connectivity index (χ4v) is 2.00. The number of phenolic OH excluding ortho intramolecular Hbond substituents is 1. The van der Waals surface area contributed by atoms with Gasteiger partial charge in [-0.15, -0.1) is 0 Å². The Bertz CT molecular complexity index is 713. The number of aromatic amines is 1. The molecular weight excluding hydrogens is 250 g/mol. The van der Waals surface area contributed by atoms with Gasteiger partial charge in [0.15, 0.2) is 11.6 Å². The van der Waals surface area contributed by atoms with Gasteiger partial charge in [-0.1, -0.05) is 12.1 Å². The zero-order valence-corrected chi connectivity index (χ0v) is 9.82. The highest BCUT2D eigenvalue weighted by Gasteiger charge is 2.09. The second kappa shape index (κ2) is 4.35. The van der Waals surface area contributed by atoms with Crippen LogP contribution in [0.3, 0.4) is 0 Å². The van der Waals surface area contributed by atoms with Gasteiger partial charge in [-0.2, -0.15) is 0 Å². The fourth-order valence-electron chi connectivity index (χ4n) is 2.00. The van der Waals surface area contributed by atoms with Crippen LogP contribution < -0.4 is 0 Å². The first-order valence-electron chi connectivity index (χ1n) is 5.73. The molecule has 0 saturated carbocycles. The molecule has 3 nitrogen and oxygen atoms in total. The molecule has 0 radical (unpaired) electrons. The minimum absolute atomic E-state index is 0.172. The van der Waals surface area contributed by atoms with E-state index in [-0.39, 0.29) is 5.75 Å². The normalized spacial score (nSPS) is 11.1. The van der Waals surface area contributed by atoms with Gasteiger partial charge in [-0.25, -0.2) is 13.8 Å². The van der Waals surface area contributed by atoms with Crippen molar-refractivity contribution in [2.45, 2.75) is 6.42 Å². The van der Waals surface area contributed by atoms with Gasteiger partial charge < -0.3 is 10.1 Å². The maximum Gasteiger partial charge on any atom is 0.161 e. The highest BCUT2D eigenvalue weighted by molar-refractivity contribution is 5.75. The molecule has 96 valence electrons. The minimum atomic E-state index is -0.914. The number of hydrogen-bond acceptors (Lipinski definition) is 2. The zero-order chi connectivity index (χ0) is 13.4. The minimum Gasteiger partial charge on any atom is -0.508 e. The number of phenols is 1. The van der Waals surface area contributed by atoms with Crippen LogP contribution in [-0.4, -0.2) is 15.1 Å². The SMILES string of the molecule is Oc1cccc(Cc2nc3cc(F)c(F)cc3[nH]2)c1. The van der Waals surface area contributed by atoms with Crippen molar-refractivity contribution < 1.29 is 13.9 Å². The molecule has 0 aliphatic carbocycles. The van der Waals surface area contributed by atoms with E-state index in [1.807, 2.05) is 6.07 Å². The summed E-state index contributed by atoms with van der Waals surface area (Å²) >= 11 is 0. The smallest absolute Gasteiger partial charge is 0.161 e. The Morgan fingerprint density at radius 3 is 2.68 bits per heavy atom. The number of imidazole rings is 1. The largest absolute Gasteiger partial charge is 0.508 e. The quantitative estimate of drug-likeness (QED) is 0.743. The first kappa shape index (κ1) is 11.6. The summed E-state index contributed by atoms with van der Waals surface area (Å²) in [5.74, 6) is -1.06. The van der Waals surface area contributed by atoms with E-state index in [4.69, 9.17) is 0 Å². The van der Waals surface area contributed by atoms with E-state index in [1.54, 1.807) is 18.2 Å². The number of aromatic hydroxyl groups is 1. The lowest BCUT2D eigenvalue weighted by atomic mass is 10.1. The third-order valence-electron chi connectivity index (χ3n) is 2.86. The van der Waals surface area contributed by atoms with Crippen LogP contribution in [0.15, 0.2) is 36.4 Å². The van der Waals surface area contributed by atoms with Crippen LogP contribution in [0.5, 0.6) is 5.75 Å². The van der Waals surface area contributed by atoms with Gasteiger partial charge in [0.1, 0.15) is 11.6 Å². The standard InChI is InChI=1S/C14H10F2N2O/c15-10-6-12-13(7-11(10)16)18-14(17-12)5-8-2-1-3-9(19)4-8/h1-4,6-7,19H,5H2,(H,17,18). The lowest BCUT2D eigenvalue weighted by Crippen LogP contribution is -1.89. The molecule has 0 amide bonds. The van der Waals surface area contributed by atoms with E-state index in [0.29, 0.717) is 23.3 Å². The summed E-state index contributed by atoms with van der Waals surface area (Å²) in [6.45, 7) is 0. The molecule has 0 unspecified atom stereocenters. The Morgan fingerprint density at radius 2 is 1.89 bits per heavy atom. The van der Waals surface area contributed by atoms with Crippen LogP contribution in [-0.2, 0) is 6.42 Å². The Balaban J connectivity index is 1.97. The molecule has 0 aliphatic heterocycles.